The number of thiazole rings is 1. The molecule has 5 nitrogen and oxygen atoms in total. The average Bonchev–Trinajstić information content (AvgIpc) is 3.05. The van der Waals surface area contributed by atoms with Crippen molar-refractivity contribution in [2.45, 2.75) is 70.5 Å². The Labute approximate surface area is 173 Å². The molecule has 1 saturated carbocycles. The Kier molecular flexibility index (Phi) is 8.92. The molecule has 0 amide bonds. The Balaban J connectivity index is 0.00000225. The first kappa shape index (κ1) is 20.9. The van der Waals surface area contributed by atoms with Gasteiger partial charge in [0.25, 0.3) is 0 Å². The van der Waals surface area contributed by atoms with Gasteiger partial charge in [-0.2, -0.15) is 0 Å². The summed E-state index contributed by atoms with van der Waals surface area (Å²) in [7, 11) is 1.85. The van der Waals surface area contributed by atoms with E-state index in [9.17, 15) is 0 Å². The zero-order valence-electron chi connectivity index (χ0n) is 15.5. The summed E-state index contributed by atoms with van der Waals surface area (Å²) in [6, 6.07) is 1.39. The van der Waals surface area contributed by atoms with Crippen molar-refractivity contribution in [3.63, 3.8) is 0 Å². The number of halogens is 1. The van der Waals surface area contributed by atoms with Gasteiger partial charge in [-0.05, 0) is 32.6 Å². The van der Waals surface area contributed by atoms with Crippen LogP contribution in [0.5, 0.6) is 0 Å². The van der Waals surface area contributed by atoms with Gasteiger partial charge in [-0.25, -0.2) is 4.98 Å². The third kappa shape index (κ3) is 6.36. The van der Waals surface area contributed by atoms with Crippen LogP contribution in [0.3, 0.4) is 0 Å². The Hall–Kier alpha value is -0.410. The monoisotopic (exact) mass is 477 g/mol. The minimum Gasteiger partial charge on any atom is -0.354 e. The maximum Gasteiger partial charge on any atom is 0.191 e. The van der Waals surface area contributed by atoms with Crippen molar-refractivity contribution < 1.29 is 0 Å². The van der Waals surface area contributed by atoms with Gasteiger partial charge in [-0.15, -0.1) is 35.3 Å². The maximum absolute atomic E-state index is 4.40. The summed E-state index contributed by atoms with van der Waals surface area (Å²) in [6.45, 7) is 5.30. The van der Waals surface area contributed by atoms with Gasteiger partial charge >= 0.3 is 0 Å². The van der Waals surface area contributed by atoms with Gasteiger partial charge < -0.3 is 15.5 Å². The van der Waals surface area contributed by atoms with Crippen molar-refractivity contribution in [2.24, 2.45) is 4.99 Å². The second kappa shape index (κ2) is 10.7. The molecule has 1 aliphatic heterocycles. The van der Waals surface area contributed by atoms with Crippen molar-refractivity contribution in [1.82, 2.24) is 20.5 Å². The molecule has 1 aliphatic carbocycles. The van der Waals surface area contributed by atoms with Gasteiger partial charge in [0, 0.05) is 43.3 Å². The van der Waals surface area contributed by atoms with Gasteiger partial charge in [-0.3, -0.25) is 4.99 Å². The maximum atomic E-state index is 4.40. The molecular weight excluding hydrogens is 445 g/mol. The highest BCUT2D eigenvalue weighted by molar-refractivity contribution is 14.0. The molecule has 0 atom stereocenters. The number of aryl methyl sites for hydroxylation is 1. The van der Waals surface area contributed by atoms with E-state index in [1.54, 1.807) is 11.3 Å². The van der Waals surface area contributed by atoms with E-state index in [2.05, 4.69) is 32.4 Å². The molecule has 142 valence electrons. The molecule has 2 heterocycles. The van der Waals surface area contributed by atoms with E-state index >= 15 is 0 Å². The predicted octanol–water partition coefficient (Wildman–Crippen LogP) is 3.53. The van der Waals surface area contributed by atoms with E-state index < -0.39 is 0 Å². The normalized spacial score (nSPS) is 21.0. The van der Waals surface area contributed by atoms with E-state index in [4.69, 9.17) is 0 Å². The van der Waals surface area contributed by atoms with Crippen molar-refractivity contribution >= 4 is 41.3 Å². The Bertz CT molecular complexity index is 533. The quantitative estimate of drug-likeness (QED) is 0.396. The molecule has 0 radical (unpaired) electrons. The van der Waals surface area contributed by atoms with E-state index in [0.29, 0.717) is 6.04 Å². The molecule has 7 heteroatoms. The number of nitrogens with one attached hydrogen (secondary N) is 2. The first-order valence-corrected chi connectivity index (χ1v) is 10.2. The van der Waals surface area contributed by atoms with Crippen LogP contribution in [0, 0.1) is 6.92 Å². The van der Waals surface area contributed by atoms with Crippen LogP contribution in [0.25, 0.3) is 0 Å². The van der Waals surface area contributed by atoms with Crippen LogP contribution in [0.1, 0.15) is 54.8 Å². The molecule has 0 aromatic carbocycles. The van der Waals surface area contributed by atoms with Crippen LogP contribution in [0.2, 0.25) is 0 Å². The molecule has 0 bridgehead atoms. The van der Waals surface area contributed by atoms with Crippen LogP contribution in [-0.4, -0.2) is 48.1 Å². The number of aromatic nitrogens is 1. The van der Waals surface area contributed by atoms with Crippen LogP contribution < -0.4 is 10.6 Å². The molecule has 3 rings (SSSR count). The lowest BCUT2D eigenvalue weighted by Gasteiger charge is -2.39. The number of nitrogens with zero attached hydrogens (tertiary/aromatic N) is 3. The smallest absolute Gasteiger partial charge is 0.191 e. The first-order chi connectivity index (χ1) is 11.7. The summed E-state index contributed by atoms with van der Waals surface area (Å²) in [6.07, 6.45) is 11.5. The molecule has 2 N–H and O–H groups in total. The highest BCUT2D eigenvalue weighted by Gasteiger charge is 2.26. The Morgan fingerprint density at radius 1 is 1.24 bits per heavy atom. The number of hydrogen-bond donors (Lipinski definition) is 2. The van der Waals surface area contributed by atoms with E-state index in [-0.39, 0.29) is 24.0 Å². The summed E-state index contributed by atoms with van der Waals surface area (Å²) in [4.78, 5) is 12.8. The molecular formula is C18H32IN5S. The summed E-state index contributed by atoms with van der Waals surface area (Å²) >= 11 is 1.74. The van der Waals surface area contributed by atoms with E-state index in [1.807, 2.05) is 13.2 Å². The number of guanidine groups is 1. The highest BCUT2D eigenvalue weighted by atomic mass is 127. The molecule has 2 aliphatic rings. The molecule has 1 saturated heterocycles. The molecule has 1 aromatic heterocycles. The van der Waals surface area contributed by atoms with Crippen LogP contribution in [0.4, 0.5) is 0 Å². The SMILES string of the molecule is CN=C(NCc1ncc(C)s1)NC1CCN(C2CCCCC2)CC1.I. The number of aliphatic imine (C=N–C) groups is 1. The summed E-state index contributed by atoms with van der Waals surface area (Å²) in [5.41, 5.74) is 0. The fourth-order valence-corrected chi connectivity index (χ4v) is 4.61. The van der Waals surface area contributed by atoms with E-state index in [1.165, 1.54) is 62.9 Å². The summed E-state index contributed by atoms with van der Waals surface area (Å²) < 4.78 is 0. The van der Waals surface area contributed by atoms with Gasteiger partial charge in [0.2, 0.25) is 0 Å². The van der Waals surface area contributed by atoms with E-state index in [0.717, 1.165) is 23.6 Å². The summed E-state index contributed by atoms with van der Waals surface area (Å²) in [5, 5.41) is 8.10. The lowest BCUT2D eigenvalue weighted by atomic mass is 9.92. The number of hydrogen-bond acceptors (Lipinski definition) is 4. The van der Waals surface area contributed by atoms with Gasteiger partial charge in [-0.1, -0.05) is 19.3 Å². The minimum atomic E-state index is 0. The third-order valence-electron chi connectivity index (χ3n) is 5.26. The highest BCUT2D eigenvalue weighted by Crippen LogP contribution is 2.25. The van der Waals surface area contributed by atoms with Crippen molar-refractivity contribution in [2.75, 3.05) is 20.1 Å². The fourth-order valence-electron chi connectivity index (χ4n) is 3.89. The average molecular weight is 477 g/mol. The number of likely N-dealkylation sites (tertiary alicyclic amines) is 1. The zero-order chi connectivity index (χ0) is 16.8. The van der Waals surface area contributed by atoms with Crippen LogP contribution in [-0.2, 0) is 6.54 Å². The fraction of sp³-hybridized carbons (Fsp3) is 0.778. The summed E-state index contributed by atoms with van der Waals surface area (Å²) in [5.74, 6) is 0.902. The van der Waals surface area contributed by atoms with Crippen molar-refractivity contribution in [3.8, 4) is 0 Å². The molecule has 1 aromatic rings. The second-order valence-electron chi connectivity index (χ2n) is 7.04. The molecule has 25 heavy (non-hydrogen) atoms. The first-order valence-electron chi connectivity index (χ1n) is 9.37. The third-order valence-corrected chi connectivity index (χ3v) is 6.17. The lowest BCUT2D eigenvalue weighted by molar-refractivity contribution is 0.119. The molecule has 0 spiro atoms. The number of rotatable bonds is 4. The lowest BCUT2D eigenvalue weighted by Crippen LogP contribution is -2.50. The largest absolute Gasteiger partial charge is 0.354 e. The second-order valence-corrected chi connectivity index (χ2v) is 8.36. The van der Waals surface area contributed by atoms with Gasteiger partial charge in [0.15, 0.2) is 5.96 Å². The molecule has 2 fully saturated rings. The standard InChI is InChI=1S/C18H31N5S.HI/c1-14-12-20-17(24-14)13-21-18(19-2)22-15-8-10-23(11-9-15)16-6-4-3-5-7-16;/h12,15-16H,3-11,13H2,1-2H3,(H2,19,21,22);1H. The predicted molar refractivity (Wildman–Crippen MR) is 117 cm³/mol. The zero-order valence-corrected chi connectivity index (χ0v) is 18.6. The van der Waals surface area contributed by atoms with Crippen LogP contribution in [0.15, 0.2) is 11.2 Å². The Morgan fingerprint density at radius 3 is 2.56 bits per heavy atom. The van der Waals surface area contributed by atoms with Gasteiger partial charge in [0.1, 0.15) is 5.01 Å². The van der Waals surface area contributed by atoms with Crippen molar-refractivity contribution in [3.05, 3.63) is 16.1 Å². The minimum absolute atomic E-state index is 0. The Morgan fingerprint density at radius 2 is 1.96 bits per heavy atom. The van der Waals surface area contributed by atoms with Gasteiger partial charge in [0.05, 0.1) is 6.54 Å². The topological polar surface area (TPSA) is 52.6 Å². The number of piperidine rings is 1. The van der Waals surface area contributed by atoms with Crippen molar-refractivity contribution in [1.29, 1.82) is 0 Å². The van der Waals surface area contributed by atoms with Crippen LogP contribution >= 0.6 is 35.3 Å². The molecule has 0 unspecified atom stereocenters.